The molecule has 0 aliphatic carbocycles. The van der Waals surface area contributed by atoms with Gasteiger partial charge >= 0.3 is 0 Å². The average Bonchev–Trinajstić information content (AvgIpc) is 2.81. The Morgan fingerprint density at radius 2 is 2.00 bits per heavy atom. The second-order valence-corrected chi connectivity index (χ2v) is 5.01. The molecule has 0 fully saturated rings. The minimum atomic E-state index is -0.294. The van der Waals surface area contributed by atoms with Gasteiger partial charge in [0.2, 0.25) is 5.91 Å². The quantitative estimate of drug-likeness (QED) is 0.813. The van der Waals surface area contributed by atoms with Crippen molar-refractivity contribution in [3.8, 4) is 12.1 Å². The monoisotopic (exact) mass is 301 g/mol. The SMILES string of the molecule is Cc1cc2occ(CC(=O)N(CC#N)CC#N)c2cc1Cl. The molecule has 0 atom stereocenters. The van der Waals surface area contributed by atoms with E-state index < -0.39 is 0 Å². The number of nitrogens with zero attached hydrogens (tertiary/aromatic N) is 3. The molecule has 2 rings (SSSR count). The second kappa shape index (κ2) is 6.30. The topological polar surface area (TPSA) is 81.0 Å². The van der Waals surface area contributed by atoms with Crippen molar-refractivity contribution in [2.45, 2.75) is 13.3 Å². The lowest BCUT2D eigenvalue weighted by molar-refractivity contribution is -0.129. The number of aryl methyl sites for hydroxylation is 1. The lowest BCUT2D eigenvalue weighted by Gasteiger charge is -2.15. The molecule has 2 aromatic rings. The molecule has 0 aliphatic heterocycles. The second-order valence-electron chi connectivity index (χ2n) is 4.60. The van der Waals surface area contributed by atoms with E-state index in [1.54, 1.807) is 6.07 Å². The number of benzene rings is 1. The first-order valence-corrected chi connectivity index (χ1v) is 6.62. The average molecular weight is 302 g/mol. The van der Waals surface area contributed by atoms with Gasteiger partial charge in [-0.3, -0.25) is 4.79 Å². The first-order chi connectivity index (χ1) is 10.1. The van der Waals surface area contributed by atoms with Crippen LogP contribution in [0, 0.1) is 29.6 Å². The Kier molecular flexibility index (Phi) is 4.47. The normalized spacial score (nSPS) is 10.1. The Morgan fingerprint density at radius 1 is 1.33 bits per heavy atom. The molecule has 0 spiro atoms. The fourth-order valence-electron chi connectivity index (χ4n) is 2.02. The highest BCUT2D eigenvalue weighted by Gasteiger charge is 2.17. The molecule has 21 heavy (non-hydrogen) atoms. The van der Waals surface area contributed by atoms with Crippen LogP contribution in [0.5, 0.6) is 0 Å². The van der Waals surface area contributed by atoms with Gasteiger partial charge in [0.1, 0.15) is 18.7 Å². The fourth-order valence-corrected chi connectivity index (χ4v) is 2.18. The summed E-state index contributed by atoms with van der Waals surface area (Å²) in [5, 5.41) is 18.7. The maximum absolute atomic E-state index is 12.1. The van der Waals surface area contributed by atoms with Crippen LogP contribution < -0.4 is 0 Å². The number of carbonyl (C=O) groups excluding carboxylic acids is 1. The first-order valence-electron chi connectivity index (χ1n) is 6.24. The predicted molar refractivity (Wildman–Crippen MR) is 77.5 cm³/mol. The van der Waals surface area contributed by atoms with Crippen molar-refractivity contribution in [1.29, 1.82) is 10.5 Å². The maximum Gasteiger partial charge on any atom is 0.228 e. The van der Waals surface area contributed by atoms with Gasteiger partial charge in [-0.1, -0.05) is 11.6 Å². The summed E-state index contributed by atoms with van der Waals surface area (Å²) in [5.41, 5.74) is 2.25. The highest BCUT2D eigenvalue weighted by atomic mass is 35.5. The van der Waals surface area contributed by atoms with Crippen molar-refractivity contribution in [2.75, 3.05) is 13.1 Å². The molecule has 5 nitrogen and oxygen atoms in total. The molecule has 0 unspecified atom stereocenters. The Bertz CT molecular complexity index is 752. The summed E-state index contributed by atoms with van der Waals surface area (Å²) in [5.74, 6) is -0.294. The van der Waals surface area contributed by atoms with E-state index in [-0.39, 0.29) is 25.4 Å². The summed E-state index contributed by atoms with van der Waals surface area (Å²) in [6.45, 7) is 1.65. The standard InChI is InChI=1S/C15H12ClN3O2/c1-10-6-14-12(8-13(10)16)11(9-21-14)7-15(20)19(4-2-17)5-3-18/h6,8-9H,4-5,7H2,1H3. The van der Waals surface area contributed by atoms with Crippen LogP contribution in [0.15, 0.2) is 22.8 Å². The molecular weight excluding hydrogens is 290 g/mol. The van der Waals surface area contributed by atoms with Crippen LogP contribution in [0.2, 0.25) is 5.02 Å². The maximum atomic E-state index is 12.1. The highest BCUT2D eigenvalue weighted by Crippen LogP contribution is 2.28. The zero-order valence-electron chi connectivity index (χ0n) is 11.4. The van der Waals surface area contributed by atoms with Crippen LogP contribution in [-0.4, -0.2) is 23.9 Å². The molecule has 1 heterocycles. The smallest absolute Gasteiger partial charge is 0.228 e. The highest BCUT2D eigenvalue weighted by molar-refractivity contribution is 6.32. The van der Waals surface area contributed by atoms with E-state index in [0.717, 1.165) is 10.9 Å². The molecule has 0 aliphatic rings. The summed E-state index contributed by atoms with van der Waals surface area (Å²) in [7, 11) is 0. The van der Waals surface area contributed by atoms with Crippen molar-refractivity contribution < 1.29 is 9.21 Å². The molecular formula is C15H12ClN3O2. The van der Waals surface area contributed by atoms with E-state index in [9.17, 15) is 4.79 Å². The van der Waals surface area contributed by atoms with Gasteiger partial charge in [0, 0.05) is 16.0 Å². The number of rotatable bonds is 4. The Balaban J connectivity index is 2.27. The van der Waals surface area contributed by atoms with E-state index in [0.29, 0.717) is 16.2 Å². The number of fused-ring (bicyclic) bond motifs is 1. The van der Waals surface area contributed by atoms with E-state index in [1.807, 2.05) is 25.1 Å². The van der Waals surface area contributed by atoms with Gasteiger partial charge in [0.05, 0.1) is 24.8 Å². The molecule has 6 heteroatoms. The summed E-state index contributed by atoms with van der Waals surface area (Å²) >= 11 is 6.09. The fraction of sp³-hybridized carbons (Fsp3) is 0.267. The number of hydrogen-bond donors (Lipinski definition) is 0. The largest absolute Gasteiger partial charge is 0.464 e. The van der Waals surface area contributed by atoms with Crippen LogP contribution in [-0.2, 0) is 11.2 Å². The summed E-state index contributed by atoms with van der Waals surface area (Å²) < 4.78 is 5.43. The first kappa shape index (κ1) is 14.9. The molecule has 1 amide bonds. The third-order valence-corrected chi connectivity index (χ3v) is 3.56. The number of carbonyl (C=O) groups is 1. The lowest BCUT2D eigenvalue weighted by atomic mass is 10.1. The Labute approximate surface area is 126 Å². The van der Waals surface area contributed by atoms with Crippen LogP contribution in [0.3, 0.4) is 0 Å². The zero-order valence-corrected chi connectivity index (χ0v) is 12.1. The third-order valence-electron chi connectivity index (χ3n) is 3.15. The van der Waals surface area contributed by atoms with E-state index in [4.69, 9.17) is 26.5 Å². The molecule has 0 radical (unpaired) electrons. The molecule has 1 aromatic heterocycles. The van der Waals surface area contributed by atoms with Gasteiger partial charge in [0.25, 0.3) is 0 Å². The lowest BCUT2D eigenvalue weighted by Crippen LogP contribution is -2.32. The van der Waals surface area contributed by atoms with Gasteiger partial charge in [-0.05, 0) is 24.6 Å². The van der Waals surface area contributed by atoms with Gasteiger partial charge in [-0.25, -0.2) is 0 Å². The van der Waals surface area contributed by atoms with Gasteiger partial charge in [-0.2, -0.15) is 10.5 Å². The van der Waals surface area contributed by atoms with Gasteiger partial charge in [0.15, 0.2) is 0 Å². The van der Waals surface area contributed by atoms with Gasteiger partial charge in [-0.15, -0.1) is 0 Å². The molecule has 0 saturated heterocycles. The van der Waals surface area contributed by atoms with E-state index >= 15 is 0 Å². The number of halogens is 1. The van der Waals surface area contributed by atoms with Crippen LogP contribution in [0.25, 0.3) is 11.0 Å². The number of amides is 1. The van der Waals surface area contributed by atoms with Crippen molar-refractivity contribution in [3.63, 3.8) is 0 Å². The van der Waals surface area contributed by atoms with Crippen LogP contribution in [0.4, 0.5) is 0 Å². The van der Waals surface area contributed by atoms with E-state index in [2.05, 4.69) is 0 Å². The van der Waals surface area contributed by atoms with Crippen LogP contribution in [0.1, 0.15) is 11.1 Å². The number of hydrogen-bond acceptors (Lipinski definition) is 4. The Hall–Kier alpha value is -2.50. The summed E-state index contributed by atoms with van der Waals surface area (Å²) in [6.07, 6.45) is 1.57. The number of furan rings is 1. The van der Waals surface area contributed by atoms with Crippen molar-refractivity contribution in [1.82, 2.24) is 4.90 Å². The molecule has 0 bridgehead atoms. The van der Waals surface area contributed by atoms with E-state index in [1.165, 1.54) is 11.2 Å². The van der Waals surface area contributed by atoms with Crippen molar-refractivity contribution in [3.05, 3.63) is 34.5 Å². The Morgan fingerprint density at radius 3 is 2.62 bits per heavy atom. The van der Waals surface area contributed by atoms with Crippen molar-refractivity contribution >= 4 is 28.5 Å². The molecule has 106 valence electrons. The minimum absolute atomic E-state index is 0.0652. The molecule has 1 aromatic carbocycles. The number of nitriles is 2. The summed E-state index contributed by atoms with van der Waals surface area (Å²) in [6, 6.07) is 7.33. The minimum Gasteiger partial charge on any atom is -0.464 e. The zero-order chi connectivity index (χ0) is 15.4. The van der Waals surface area contributed by atoms with Crippen molar-refractivity contribution in [2.24, 2.45) is 0 Å². The predicted octanol–water partition coefficient (Wildman–Crippen LogP) is 2.81. The summed E-state index contributed by atoms with van der Waals surface area (Å²) in [4.78, 5) is 13.3. The molecule has 0 N–H and O–H groups in total. The molecule has 0 saturated carbocycles. The third kappa shape index (κ3) is 3.16. The van der Waals surface area contributed by atoms with Crippen LogP contribution >= 0.6 is 11.6 Å². The van der Waals surface area contributed by atoms with Gasteiger partial charge < -0.3 is 9.32 Å².